The van der Waals surface area contributed by atoms with E-state index < -0.39 is 0 Å². The summed E-state index contributed by atoms with van der Waals surface area (Å²) < 4.78 is 0. The van der Waals surface area contributed by atoms with Gasteiger partial charge in [-0.1, -0.05) is 17.7 Å². The molecular weight excluding hydrogens is 250 g/mol. The Morgan fingerprint density at radius 3 is 2.75 bits per heavy atom. The lowest BCUT2D eigenvalue weighted by Crippen LogP contribution is -2.44. The fourth-order valence-corrected chi connectivity index (χ4v) is 2.60. The minimum atomic E-state index is 0.0443. The molecule has 110 valence electrons. The average Bonchev–Trinajstić information content (AvgIpc) is 2.44. The van der Waals surface area contributed by atoms with Crippen LogP contribution in [0.15, 0.2) is 18.2 Å². The molecule has 0 bridgehead atoms. The summed E-state index contributed by atoms with van der Waals surface area (Å²) in [4.78, 5) is 14.5. The van der Waals surface area contributed by atoms with Crippen LogP contribution in [0.5, 0.6) is 0 Å². The van der Waals surface area contributed by atoms with Crippen LogP contribution >= 0.6 is 0 Å². The van der Waals surface area contributed by atoms with Crippen molar-refractivity contribution in [2.45, 2.75) is 20.3 Å². The fourth-order valence-electron chi connectivity index (χ4n) is 2.60. The van der Waals surface area contributed by atoms with Gasteiger partial charge in [-0.3, -0.25) is 4.79 Å². The Morgan fingerprint density at radius 1 is 1.30 bits per heavy atom. The van der Waals surface area contributed by atoms with Gasteiger partial charge in [0.05, 0.1) is 0 Å². The van der Waals surface area contributed by atoms with E-state index in [-0.39, 0.29) is 5.91 Å². The number of amides is 1. The van der Waals surface area contributed by atoms with Gasteiger partial charge in [-0.25, -0.2) is 0 Å². The SMILES string of the molecule is Cc1ccc(C(=O)NCCCN2CCNCC2)c(C)c1. The normalized spacial score (nSPS) is 16.1. The van der Waals surface area contributed by atoms with Crippen LogP contribution in [-0.2, 0) is 0 Å². The van der Waals surface area contributed by atoms with Crippen LogP contribution in [0.2, 0.25) is 0 Å². The van der Waals surface area contributed by atoms with Gasteiger partial charge in [0, 0.05) is 38.3 Å². The van der Waals surface area contributed by atoms with E-state index in [2.05, 4.69) is 21.6 Å². The predicted molar refractivity (Wildman–Crippen MR) is 82.2 cm³/mol. The number of benzene rings is 1. The second kappa shape index (κ2) is 7.41. The minimum absolute atomic E-state index is 0.0443. The Bertz CT molecular complexity index is 453. The Hall–Kier alpha value is -1.39. The maximum Gasteiger partial charge on any atom is 0.251 e. The highest BCUT2D eigenvalue weighted by molar-refractivity contribution is 5.95. The van der Waals surface area contributed by atoms with Crippen LogP contribution in [0.3, 0.4) is 0 Å². The van der Waals surface area contributed by atoms with Gasteiger partial charge in [-0.2, -0.15) is 0 Å². The van der Waals surface area contributed by atoms with Crippen LogP contribution in [0.1, 0.15) is 27.9 Å². The zero-order valence-electron chi connectivity index (χ0n) is 12.5. The Balaban J connectivity index is 1.72. The van der Waals surface area contributed by atoms with Crippen molar-refractivity contribution in [1.82, 2.24) is 15.5 Å². The van der Waals surface area contributed by atoms with Crippen molar-refractivity contribution in [3.8, 4) is 0 Å². The van der Waals surface area contributed by atoms with Crippen LogP contribution in [0, 0.1) is 13.8 Å². The molecule has 4 nitrogen and oxygen atoms in total. The maximum absolute atomic E-state index is 12.1. The number of rotatable bonds is 5. The van der Waals surface area contributed by atoms with Crippen LogP contribution in [-0.4, -0.2) is 50.1 Å². The van der Waals surface area contributed by atoms with E-state index in [0.29, 0.717) is 0 Å². The summed E-state index contributed by atoms with van der Waals surface area (Å²) >= 11 is 0. The molecule has 2 rings (SSSR count). The number of carbonyl (C=O) groups is 1. The Labute approximate surface area is 121 Å². The van der Waals surface area contributed by atoms with Crippen LogP contribution in [0.25, 0.3) is 0 Å². The summed E-state index contributed by atoms with van der Waals surface area (Å²) in [5, 5.41) is 6.36. The third kappa shape index (κ3) is 4.32. The first-order valence-corrected chi connectivity index (χ1v) is 7.45. The first-order chi connectivity index (χ1) is 9.66. The van der Waals surface area contributed by atoms with E-state index in [9.17, 15) is 4.79 Å². The summed E-state index contributed by atoms with van der Waals surface area (Å²) in [6, 6.07) is 5.95. The van der Waals surface area contributed by atoms with E-state index in [1.807, 2.05) is 26.0 Å². The van der Waals surface area contributed by atoms with Crippen LogP contribution < -0.4 is 10.6 Å². The van der Waals surface area contributed by atoms with Crippen molar-refractivity contribution >= 4 is 5.91 Å². The molecule has 1 fully saturated rings. The molecule has 0 aromatic heterocycles. The molecule has 0 unspecified atom stereocenters. The topological polar surface area (TPSA) is 44.4 Å². The Kier molecular flexibility index (Phi) is 5.56. The van der Waals surface area contributed by atoms with Crippen molar-refractivity contribution in [2.75, 3.05) is 39.3 Å². The maximum atomic E-state index is 12.1. The van der Waals surface area contributed by atoms with E-state index >= 15 is 0 Å². The molecule has 1 amide bonds. The van der Waals surface area contributed by atoms with Crippen molar-refractivity contribution in [3.63, 3.8) is 0 Å². The van der Waals surface area contributed by atoms with Gasteiger partial charge in [-0.05, 0) is 38.4 Å². The van der Waals surface area contributed by atoms with Crippen molar-refractivity contribution in [3.05, 3.63) is 34.9 Å². The molecule has 1 saturated heterocycles. The number of hydrogen-bond acceptors (Lipinski definition) is 3. The summed E-state index contributed by atoms with van der Waals surface area (Å²) in [5.74, 6) is 0.0443. The third-order valence-corrected chi connectivity index (χ3v) is 3.77. The van der Waals surface area contributed by atoms with Gasteiger partial charge in [0.1, 0.15) is 0 Å². The number of piperazine rings is 1. The van der Waals surface area contributed by atoms with Gasteiger partial charge in [0.25, 0.3) is 5.91 Å². The number of nitrogens with one attached hydrogen (secondary N) is 2. The van der Waals surface area contributed by atoms with Crippen molar-refractivity contribution in [1.29, 1.82) is 0 Å². The Morgan fingerprint density at radius 2 is 2.05 bits per heavy atom. The molecule has 0 aliphatic carbocycles. The second-order valence-electron chi connectivity index (χ2n) is 5.52. The average molecular weight is 275 g/mol. The molecule has 4 heteroatoms. The largest absolute Gasteiger partial charge is 0.352 e. The molecule has 1 aromatic rings. The summed E-state index contributed by atoms with van der Waals surface area (Å²) in [7, 11) is 0. The lowest BCUT2D eigenvalue weighted by molar-refractivity contribution is 0.0950. The molecule has 20 heavy (non-hydrogen) atoms. The molecule has 1 aliphatic rings. The van der Waals surface area contributed by atoms with Gasteiger partial charge >= 0.3 is 0 Å². The lowest BCUT2D eigenvalue weighted by Gasteiger charge is -2.27. The van der Waals surface area contributed by atoms with E-state index in [0.717, 1.165) is 56.8 Å². The number of aryl methyl sites for hydroxylation is 2. The molecule has 0 saturated carbocycles. The first kappa shape index (κ1) is 15.0. The van der Waals surface area contributed by atoms with Crippen LogP contribution in [0.4, 0.5) is 0 Å². The smallest absolute Gasteiger partial charge is 0.251 e. The number of hydrogen-bond donors (Lipinski definition) is 2. The molecular formula is C16H25N3O. The highest BCUT2D eigenvalue weighted by Crippen LogP contribution is 2.10. The van der Waals surface area contributed by atoms with E-state index in [4.69, 9.17) is 0 Å². The van der Waals surface area contributed by atoms with Gasteiger partial charge < -0.3 is 15.5 Å². The standard InChI is InChI=1S/C16H25N3O/c1-13-4-5-15(14(2)12-13)16(20)18-6-3-9-19-10-7-17-8-11-19/h4-5,12,17H,3,6-11H2,1-2H3,(H,18,20). The third-order valence-electron chi connectivity index (χ3n) is 3.77. The lowest BCUT2D eigenvalue weighted by atomic mass is 10.1. The predicted octanol–water partition coefficient (Wildman–Crippen LogP) is 1.33. The molecule has 0 radical (unpaired) electrons. The summed E-state index contributed by atoms with van der Waals surface area (Å²) in [5.41, 5.74) is 3.03. The number of nitrogens with zero attached hydrogens (tertiary/aromatic N) is 1. The first-order valence-electron chi connectivity index (χ1n) is 7.45. The molecule has 1 heterocycles. The van der Waals surface area contributed by atoms with E-state index in [1.165, 1.54) is 5.56 Å². The summed E-state index contributed by atoms with van der Waals surface area (Å²) in [6.45, 7) is 10.2. The van der Waals surface area contributed by atoms with Gasteiger partial charge in [0.2, 0.25) is 0 Å². The molecule has 1 aromatic carbocycles. The highest BCUT2D eigenvalue weighted by Gasteiger charge is 2.10. The minimum Gasteiger partial charge on any atom is -0.352 e. The molecule has 1 aliphatic heterocycles. The molecule has 0 spiro atoms. The summed E-state index contributed by atoms with van der Waals surface area (Å²) in [6.07, 6.45) is 1.01. The zero-order valence-corrected chi connectivity index (χ0v) is 12.5. The highest BCUT2D eigenvalue weighted by atomic mass is 16.1. The van der Waals surface area contributed by atoms with Gasteiger partial charge in [-0.15, -0.1) is 0 Å². The van der Waals surface area contributed by atoms with Crippen molar-refractivity contribution in [2.24, 2.45) is 0 Å². The quantitative estimate of drug-likeness (QED) is 0.797. The molecule has 0 atom stereocenters. The molecule has 2 N–H and O–H groups in total. The van der Waals surface area contributed by atoms with Crippen molar-refractivity contribution < 1.29 is 4.79 Å². The monoisotopic (exact) mass is 275 g/mol. The zero-order chi connectivity index (χ0) is 14.4. The van der Waals surface area contributed by atoms with Gasteiger partial charge in [0.15, 0.2) is 0 Å². The number of carbonyl (C=O) groups excluding carboxylic acids is 1. The fraction of sp³-hybridized carbons (Fsp3) is 0.562. The second-order valence-corrected chi connectivity index (χ2v) is 5.52. The van der Waals surface area contributed by atoms with E-state index in [1.54, 1.807) is 0 Å².